The highest BCUT2D eigenvalue weighted by molar-refractivity contribution is 9.10. The summed E-state index contributed by atoms with van der Waals surface area (Å²) in [6.07, 6.45) is 0. The fraction of sp³-hybridized carbons (Fsp3) is 0.278. The van der Waals surface area contributed by atoms with Gasteiger partial charge in [-0.25, -0.2) is 0 Å². The number of nitrogens with one attached hydrogen (secondary N) is 2. The second kappa shape index (κ2) is 8.59. The van der Waals surface area contributed by atoms with Gasteiger partial charge in [0, 0.05) is 29.3 Å². The first-order chi connectivity index (χ1) is 11.5. The quantitative estimate of drug-likeness (QED) is 0.731. The summed E-state index contributed by atoms with van der Waals surface area (Å²) >= 11 is 3.57. The number of carbonyl (C=O) groups excluding carboxylic acids is 1. The zero-order chi connectivity index (χ0) is 17.5. The van der Waals surface area contributed by atoms with Crippen LogP contribution in [-0.4, -0.2) is 19.6 Å². The summed E-state index contributed by atoms with van der Waals surface area (Å²) in [6, 6.07) is 11.4. The van der Waals surface area contributed by atoms with Gasteiger partial charge < -0.3 is 20.1 Å². The Morgan fingerprint density at radius 1 is 1.12 bits per heavy atom. The number of halogens is 1. The Bertz CT molecular complexity index is 702. The SMILES string of the molecule is CCOc1cc(Br)c(CNc2ccc(NC(C)=O)cc2)cc1OC. The molecule has 0 aliphatic rings. The third-order valence-corrected chi connectivity index (χ3v) is 4.06. The van der Waals surface area contributed by atoms with Crippen LogP contribution in [0.4, 0.5) is 11.4 Å². The van der Waals surface area contributed by atoms with E-state index in [2.05, 4.69) is 26.6 Å². The molecule has 5 nitrogen and oxygen atoms in total. The molecular formula is C18H21BrN2O3. The summed E-state index contributed by atoms with van der Waals surface area (Å²) in [6.45, 7) is 4.64. The molecule has 0 saturated heterocycles. The smallest absolute Gasteiger partial charge is 0.221 e. The molecule has 1 amide bonds. The Hall–Kier alpha value is -2.21. The summed E-state index contributed by atoms with van der Waals surface area (Å²) in [7, 11) is 1.63. The molecule has 2 aromatic rings. The molecule has 0 aliphatic carbocycles. The van der Waals surface area contributed by atoms with Gasteiger partial charge in [-0.2, -0.15) is 0 Å². The molecule has 24 heavy (non-hydrogen) atoms. The van der Waals surface area contributed by atoms with Gasteiger partial charge in [-0.05, 0) is 48.9 Å². The number of hydrogen-bond donors (Lipinski definition) is 2. The minimum Gasteiger partial charge on any atom is -0.493 e. The third kappa shape index (κ3) is 4.89. The number of methoxy groups -OCH3 is 1. The van der Waals surface area contributed by atoms with E-state index >= 15 is 0 Å². The topological polar surface area (TPSA) is 59.6 Å². The molecule has 0 aliphatic heterocycles. The zero-order valence-electron chi connectivity index (χ0n) is 14.0. The highest BCUT2D eigenvalue weighted by Gasteiger charge is 2.10. The third-order valence-electron chi connectivity index (χ3n) is 3.32. The van der Waals surface area contributed by atoms with Crippen molar-refractivity contribution in [3.8, 4) is 11.5 Å². The van der Waals surface area contributed by atoms with Gasteiger partial charge in [0.1, 0.15) is 0 Å². The Morgan fingerprint density at radius 2 is 1.79 bits per heavy atom. The standard InChI is InChI=1S/C18H21BrN2O3/c1-4-24-18-10-16(19)13(9-17(18)23-3)11-20-14-5-7-15(8-6-14)21-12(2)22/h5-10,20H,4,11H2,1-3H3,(H,21,22). The van der Waals surface area contributed by atoms with E-state index in [1.165, 1.54) is 6.92 Å². The zero-order valence-corrected chi connectivity index (χ0v) is 15.6. The minimum atomic E-state index is -0.0823. The molecule has 2 N–H and O–H groups in total. The van der Waals surface area contributed by atoms with Crippen molar-refractivity contribution in [3.63, 3.8) is 0 Å². The van der Waals surface area contributed by atoms with Crippen molar-refractivity contribution in [2.24, 2.45) is 0 Å². The average Bonchev–Trinajstić information content (AvgIpc) is 2.55. The molecule has 0 fully saturated rings. The molecular weight excluding hydrogens is 372 g/mol. The normalized spacial score (nSPS) is 10.2. The van der Waals surface area contributed by atoms with E-state index in [1.807, 2.05) is 43.3 Å². The van der Waals surface area contributed by atoms with Gasteiger partial charge in [-0.3, -0.25) is 4.79 Å². The number of anilines is 2. The number of rotatable bonds is 7. The molecule has 0 heterocycles. The molecule has 0 atom stereocenters. The van der Waals surface area contributed by atoms with Gasteiger partial charge in [-0.1, -0.05) is 15.9 Å². The van der Waals surface area contributed by atoms with Crippen molar-refractivity contribution < 1.29 is 14.3 Å². The van der Waals surface area contributed by atoms with Crippen LogP contribution in [0, 0.1) is 0 Å². The van der Waals surface area contributed by atoms with Crippen LogP contribution < -0.4 is 20.1 Å². The maximum atomic E-state index is 11.0. The van der Waals surface area contributed by atoms with E-state index in [0.717, 1.165) is 27.2 Å². The molecule has 0 unspecified atom stereocenters. The van der Waals surface area contributed by atoms with Gasteiger partial charge >= 0.3 is 0 Å². The van der Waals surface area contributed by atoms with Crippen LogP contribution in [0.25, 0.3) is 0 Å². The van der Waals surface area contributed by atoms with Crippen LogP contribution in [0.5, 0.6) is 11.5 Å². The van der Waals surface area contributed by atoms with Crippen LogP contribution in [0.2, 0.25) is 0 Å². The fourth-order valence-electron chi connectivity index (χ4n) is 2.21. The lowest BCUT2D eigenvalue weighted by atomic mass is 10.2. The van der Waals surface area contributed by atoms with Crippen molar-refractivity contribution >= 4 is 33.2 Å². The second-order valence-corrected chi connectivity index (χ2v) is 5.99. The number of amides is 1. The predicted molar refractivity (Wildman–Crippen MR) is 99.9 cm³/mol. The van der Waals surface area contributed by atoms with E-state index < -0.39 is 0 Å². The first kappa shape index (κ1) is 18.1. The fourth-order valence-corrected chi connectivity index (χ4v) is 2.68. The van der Waals surface area contributed by atoms with Crippen molar-refractivity contribution in [1.29, 1.82) is 0 Å². The van der Waals surface area contributed by atoms with Crippen LogP contribution >= 0.6 is 15.9 Å². The van der Waals surface area contributed by atoms with E-state index in [1.54, 1.807) is 7.11 Å². The van der Waals surface area contributed by atoms with Crippen LogP contribution in [-0.2, 0) is 11.3 Å². The molecule has 128 valence electrons. The molecule has 0 aromatic heterocycles. The Morgan fingerprint density at radius 3 is 2.38 bits per heavy atom. The first-order valence-corrected chi connectivity index (χ1v) is 8.43. The largest absolute Gasteiger partial charge is 0.493 e. The lowest BCUT2D eigenvalue weighted by molar-refractivity contribution is -0.114. The maximum absolute atomic E-state index is 11.0. The first-order valence-electron chi connectivity index (χ1n) is 7.64. The van der Waals surface area contributed by atoms with E-state index in [-0.39, 0.29) is 5.91 Å². The summed E-state index contributed by atoms with van der Waals surface area (Å²) < 4.78 is 11.9. The van der Waals surface area contributed by atoms with Gasteiger partial charge in [-0.15, -0.1) is 0 Å². The average molecular weight is 393 g/mol. The van der Waals surface area contributed by atoms with Crippen LogP contribution in [0.15, 0.2) is 40.9 Å². The second-order valence-electron chi connectivity index (χ2n) is 5.14. The van der Waals surface area contributed by atoms with Crippen LogP contribution in [0.3, 0.4) is 0 Å². The van der Waals surface area contributed by atoms with Crippen molar-refractivity contribution in [3.05, 3.63) is 46.4 Å². The van der Waals surface area contributed by atoms with E-state index in [0.29, 0.717) is 18.9 Å². The van der Waals surface area contributed by atoms with E-state index in [9.17, 15) is 4.79 Å². The summed E-state index contributed by atoms with van der Waals surface area (Å²) in [5.74, 6) is 1.34. The van der Waals surface area contributed by atoms with Gasteiger partial charge in [0.15, 0.2) is 11.5 Å². The highest BCUT2D eigenvalue weighted by atomic mass is 79.9. The van der Waals surface area contributed by atoms with Gasteiger partial charge in [0.05, 0.1) is 13.7 Å². The van der Waals surface area contributed by atoms with E-state index in [4.69, 9.17) is 9.47 Å². The summed E-state index contributed by atoms with van der Waals surface area (Å²) in [5, 5.41) is 6.09. The molecule has 2 aromatic carbocycles. The number of benzene rings is 2. The molecule has 0 radical (unpaired) electrons. The Balaban J connectivity index is 2.07. The molecule has 0 bridgehead atoms. The van der Waals surface area contributed by atoms with Crippen molar-refractivity contribution in [2.75, 3.05) is 24.4 Å². The molecule has 6 heteroatoms. The Kier molecular flexibility index (Phi) is 6.49. The minimum absolute atomic E-state index is 0.0823. The number of carbonyl (C=O) groups is 1. The molecule has 0 spiro atoms. The lowest BCUT2D eigenvalue weighted by Gasteiger charge is -2.14. The molecule has 0 saturated carbocycles. The van der Waals surface area contributed by atoms with Gasteiger partial charge in [0.2, 0.25) is 5.91 Å². The Labute approximate surface area is 150 Å². The van der Waals surface area contributed by atoms with Gasteiger partial charge in [0.25, 0.3) is 0 Å². The summed E-state index contributed by atoms with van der Waals surface area (Å²) in [4.78, 5) is 11.0. The lowest BCUT2D eigenvalue weighted by Crippen LogP contribution is -2.06. The number of hydrogen-bond acceptors (Lipinski definition) is 4. The monoisotopic (exact) mass is 392 g/mol. The van der Waals surface area contributed by atoms with Crippen molar-refractivity contribution in [1.82, 2.24) is 0 Å². The summed E-state index contributed by atoms with van der Waals surface area (Å²) in [5.41, 5.74) is 2.79. The van der Waals surface area contributed by atoms with Crippen molar-refractivity contribution in [2.45, 2.75) is 20.4 Å². The predicted octanol–water partition coefficient (Wildman–Crippen LogP) is 4.43. The molecule has 2 rings (SSSR count). The van der Waals surface area contributed by atoms with Crippen LogP contribution in [0.1, 0.15) is 19.4 Å². The maximum Gasteiger partial charge on any atom is 0.221 e. The highest BCUT2D eigenvalue weighted by Crippen LogP contribution is 2.34. The number of ether oxygens (including phenoxy) is 2.